The Balaban J connectivity index is 1.81. The summed E-state index contributed by atoms with van der Waals surface area (Å²) in [7, 11) is 4.54. The normalized spacial score (nSPS) is 15.4. The molecule has 0 bridgehead atoms. The standard InChI is InChI=1S/C23H22ClN3O5S/c1-30-18-7-5-14(24)9-17(18)26-22(29)12-33-23-16(11-25)15(10-21(28)27-23)13-4-6-19(31-2)20(8-13)32-3/h4-9,15H,10,12H2,1-3H3,(H,26,29)(H,27,28). The van der Waals surface area contributed by atoms with Crippen LogP contribution in [0.3, 0.4) is 0 Å². The van der Waals surface area contributed by atoms with E-state index in [1.807, 2.05) is 0 Å². The summed E-state index contributed by atoms with van der Waals surface area (Å²) >= 11 is 7.08. The van der Waals surface area contributed by atoms with Gasteiger partial charge in [0.1, 0.15) is 5.75 Å². The van der Waals surface area contributed by atoms with Gasteiger partial charge in [-0.2, -0.15) is 5.26 Å². The first-order valence-electron chi connectivity index (χ1n) is 9.82. The Morgan fingerprint density at radius 3 is 2.52 bits per heavy atom. The van der Waals surface area contributed by atoms with Crippen molar-refractivity contribution in [2.45, 2.75) is 12.3 Å². The van der Waals surface area contributed by atoms with Gasteiger partial charge in [0.25, 0.3) is 0 Å². The number of thioether (sulfide) groups is 1. The van der Waals surface area contributed by atoms with Crippen molar-refractivity contribution < 1.29 is 23.8 Å². The van der Waals surface area contributed by atoms with E-state index in [1.165, 1.54) is 21.3 Å². The maximum atomic E-state index is 12.5. The summed E-state index contributed by atoms with van der Waals surface area (Å²) in [5.74, 6) is 0.432. The zero-order valence-corrected chi connectivity index (χ0v) is 19.8. The second-order valence-corrected chi connectivity index (χ2v) is 8.38. The zero-order chi connectivity index (χ0) is 24.0. The predicted octanol–water partition coefficient (Wildman–Crippen LogP) is 4.08. The van der Waals surface area contributed by atoms with Crippen LogP contribution in [0.15, 0.2) is 47.0 Å². The molecular formula is C23H22ClN3O5S. The molecule has 10 heteroatoms. The van der Waals surface area contributed by atoms with Crippen LogP contribution in [-0.4, -0.2) is 38.9 Å². The monoisotopic (exact) mass is 487 g/mol. The Labute approximate surface area is 200 Å². The molecular weight excluding hydrogens is 466 g/mol. The first kappa shape index (κ1) is 24.3. The van der Waals surface area contributed by atoms with Gasteiger partial charge >= 0.3 is 0 Å². The van der Waals surface area contributed by atoms with Crippen molar-refractivity contribution in [3.63, 3.8) is 0 Å². The third-order valence-corrected chi connectivity index (χ3v) is 6.20. The fraction of sp³-hybridized carbons (Fsp3) is 0.261. The average molecular weight is 488 g/mol. The average Bonchev–Trinajstić information content (AvgIpc) is 2.82. The van der Waals surface area contributed by atoms with Gasteiger partial charge in [0, 0.05) is 17.4 Å². The van der Waals surface area contributed by atoms with Crippen LogP contribution < -0.4 is 24.8 Å². The zero-order valence-electron chi connectivity index (χ0n) is 18.2. The quantitative estimate of drug-likeness (QED) is 0.577. The number of benzene rings is 2. The Morgan fingerprint density at radius 2 is 1.85 bits per heavy atom. The van der Waals surface area contributed by atoms with Gasteiger partial charge in [-0.25, -0.2) is 0 Å². The molecule has 1 heterocycles. The van der Waals surface area contributed by atoms with Crippen LogP contribution >= 0.6 is 23.4 Å². The molecule has 0 saturated heterocycles. The Hall–Kier alpha value is -3.35. The molecule has 2 aromatic carbocycles. The number of carbonyl (C=O) groups excluding carboxylic acids is 2. The summed E-state index contributed by atoms with van der Waals surface area (Å²) in [6, 6.07) is 12.4. The topological polar surface area (TPSA) is 110 Å². The summed E-state index contributed by atoms with van der Waals surface area (Å²) in [6.07, 6.45) is 0.106. The molecule has 33 heavy (non-hydrogen) atoms. The van der Waals surface area contributed by atoms with E-state index in [0.29, 0.717) is 38.6 Å². The highest BCUT2D eigenvalue weighted by atomic mass is 35.5. The molecule has 8 nitrogen and oxygen atoms in total. The number of rotatable bonds is 8. The number of amides is 2. The third kappa shape index (κ3) is 5.72. The van der Waals surface area contributed by atoms with Crippen molar-refractivity contribution in [2.24, 2.45) is 0 Å². The molecule has 0 saturated carbocycles. The van der Waals surface area contributed by atoms with Crippen LogP contribution in [0.2, 0.25) is 5.02 Å². The number of anilines is 1. The molecule has 1 unspecified atom stereocenters. The van der Waals surface area contributed by atoms with E-state index in [2.05, 4.69) is 16.7 Å². The molecule has 1 aliphatic heterocycles. The fourth-order valence-corrected chi connectivity index (χ4v) is 4.44. The third-order valence-electron chi connectivity index (χ3n) is 4.95. The number of halogens is 1. The largest absolute Gasteiger partial charge is 0.495 e. The number of hydrogen-bond donors (Lipinski definition) is 2. The van der Waals surface area contributed by atoms with Crippen LogP contribution in [0.25, 0.3) is 0 Å². The first-order valence-corrected chi connectivity index (χ1v) is 11.2. The fourth-order valence-electron chi connectivity index (χ4n) is 3.39. The van der Waals surface area contributed by atoms with E-state index in [9.17, 15) is 14.9 Å². The predicted molar refractivity (Wildman–Crippen MR) is 127 cm³/mol. The summed E-state index contributed by atoms with van der Waals surface area (Å²) in [5.41, 5.74) is 1.55. The summed E-state index contributed by atoms with van der Waals surface area (Å²) in [6.45, 7) is 0. The number of nitrogens with one attached hydrogen (secondary N) is 2. The summed E-state index contributed by atoms with van der Waals surface area (Å²) in [5, 5.41) is 16.1. The lowest BCUT2D eigenvalue weighted by molar-refractivity contribution is -0.121. The van der Waals surface area contributed by atoms with Crippen molar-refractivity contribution in [2.75, 3.05) is 32.4 Å². The van der Waals surface area contributed by atoms with Crippen LogP contribution in [0, 0.1) is 11.3 Å². The molecule has 0 aromatic heterocycles. The molecule has 1 atom stereocenters. The highest BCUT2D eigenvalue weighted by Gasteiger charge is 2.30. The second-order valence-electron chi connectivity index (χ2n) is 6.96. The van der Waals surface area contributed by atoms with Crippen LogP contribution in [0.1, 0.15) is 17.9 Å². The molecule has 2 aromatic rings. The van der Waals surface area contributed by atoms with Gasteiger partial charge in [-0.05, 0) is 35.9 Å². The van der Waals surface area contributed by atoms with Gasteiger partial charge in [0.05, 0.1) is 49.4 Å². The minimum absolute atomic E-state index is 0.0326. The van der Waals surface area contributed by atoms with E-state index in [0.717, 1.165) is 17.3 Å². The highest BCUT2D eigenvalue weighted by molar-refractivity contribution is 8.03. The highest BCUT2D eigenvalue weighted by Crippen LogP contribution is 2.39. The van der Waals surface area contributed by atoms with Gasteiger partial charge in [-0.1, -0.05) is 29.4 Å². The molecule has 1 aliphatic rings. The molecule has 2 amide bonds. The number of nitrogens with zero attached hydrogens (tertiary/aromatic N) is 1. The van der Waals surface area contributed by atoms with E-state index >= 15 is 0 Å². The van der Waals surface area contributed by atoms with Crippen molar-refractivity contribution in [3.05, 3.63) is 57.6 Å². The number of hydrogen-bond acceptors (Lipinski definition) is 7. The van der Waals surface area contributed by atoms with E-state index < -0.39 is 5.92 Å². The Kier molecular flexibility index (Phi) is 8.09. The van der Waals surface area contributed by atoms with Crippen molar-refractivity contribution >= 4 is 40.9 Å². The molecule has 0 spiro atoms. The van der Waals surface area contributed by atoms with Gasteiger partial charge in [0.15, 0.2) is 11.5 Å². The van der Waals surface area contributed by atoms with E-state index in [1.54, 1.807) is 36.4 Å². The summed E-state index contributed by atoms with van der Waals surface area (Å²) < 4.78 is 15.8. The molecule has 0 radical (unpaired) electrons. The smallest absolute Gasteiger partial charge is 0.234 e. The lowest BCUT2D eigenvalue weighted by Crippen LogP contribution is -2.31. The van der Waals surface area contributed by atoms with E-state index in [-0.39, 0.29) is 24.0 Å². The minimum Gasteiger partial charge on any atom is -0.495 e. The maximum absolute atomic E-state index is 12.5. The number of carbonyl (C=O) groups is 2. The van der Waals surface area contributed by atoms with Crippen molar-refractivity contribution in [1.29, 1.82) is 5.26 Å². The molecule has 3 rings (SSSR count). The van der Waals surface area contributed by atoms with Crippen LogP contribution in [0.5, 0.6) is 17.2 Å². The van der Waals surface area contributed by atoms with Gasteiger partial charge < -0.3 is 24.8 Å². The van der Waals surface area contributed by atoms with Crippen LogP contribution in [0.4, 0.5) is 5.69 Å². The molecule has 2 N–H and O–H groups in total. The lowest BCUT2D eigenvalue weighted by Gasteiger charge is -2.25. The van der Waals surface area contributed by atoms with Gasteiger partial charge in [0.2, 0.25) is 11.8 Å². The summed E-state index contributed by atoms with van der Waals surface area (Å²) in [4.78, 5) is 24.9. The minimum atomic E-state index is -0.470. The number of nitriles is 1. The number of allylic oxidation sites excluding steroid dienone is 1. The Bertz CT molecular complexity index is 1150. The molecule has 0 fully saturated rings. The SMILES string of the molecule is COc1ccc(Cl)cc1NC(=O)CSC1=C(C#N)C(c2ccc(OC)c(OC)c2)CC(=O)N1. The van der Waals surface area contributed by atoms with E-state index in [4.69, 9.17) is 25.8 Å². The molecule has 0 aliphatic carbocycles. The number of ether oxygens (including phenoxy) is 3. The van der Waals surface area contributed by atoms with Gasteiger partial charge in [-0.15, -0.1) is 0 Å². The van der Waals surface area contributed by atoms with Crippen molar-refractivity contribution in [1.82, 2.24) is 5.32 Å². The van der Waals surface area contributed by atoms with Crippen LogP contribution in [-0.2, 0) is 9.59 Å². The second kappa shape index (κ2) is 11.0. The lowest BCUT2D eigenvalue weighted by atomic mass is 9.87. The first-order chi connectivity index (χ1) is 15.9. The Morgan fingerprint density at radius 1 is 1.15 bits per heavy atom. The molecule has 172 valence electrons. The maximum Gasteiger partial charge on any atom is 0.234 e. The number of methoxy groups -OCH3 is 3. The van der Waals surface area contributed by atoms with Gasteiger partial charge in [-0.3, -0.25) is 9.59 Å². The van der Waals surface area contributed by atoms with Crippen molar-refractivity contribution in [3.8, 4) is 23.3 Å².